The Hall–Kier alpha value is -2.33. The van der Waals surface area contributed by atoms with Crippen LogP contribution in [-0.2, 0) is 19.6 Å². The summed E-state index contributed by atoms with van der Waals surface area (Å²) >= 11 is 0. The molecular weight excluding hydrogens is 338 g/mol. The number of ether oxygens (including phenoxy) is 2. The van der Waals surface area contributed by atoms with Gasteiger partial charge in [0.2, 0.25) is 5.91 Å². The van der Waals surface area contributed by atoms with Gasteiger partial charge >= 0.3 is 6.09 Å². The highest BCUT2D eigenvalue weighted by atomic mass is 32.2. The Balaban J connectivity index is 2.91. The van der Waals surface area contributed by atoms with Gasteiger partial charge in [-0.1, -0.05) is 0 Å². The second-order valence-corrected chi connectivity index (χ2v) is 7.46. The van der Waals surface area contributed by atoms with Gasteiger partial charge in [0, 0.05) is 13.0 Å². The van der Waals surface area contributed by atoms with Crippen molar-refractivity contribution in [2.45, 2.75) is 38.2 Å². The molecule has 0 spiro atoms. The molecule has 0 unspecified atom stereocenters. The molecule has 10 heteroatoms. The van der Waals surface area contributed by atoms with E-state index in [0.29, 0.717) is 5.69 Å². The predicted octanol–water partition coefficient (Wildman–Crippen LogP) is 1.37. The molecule has 1 rings (SSSR count). The van der Waals surface area contributed by atoms with Crippen LogP contribution in [0.5, 0.6) is 5.75 Å². The first-order chi connectivity index (χ1) is 10.9. The Morgan fingerprint density at radius 1 is 1.17 bits per heavy atom. The van der Waals surface area contributed by atoms with E-state index in [1.165, 1.54) is 32.2 Å². The number of hydrazine groups is 1. The van der Waals surface area contributed by atoms with Crippen LogP contribution in [0.1, 0.15) is 27.7 Å². The Labute approximate surface area is 140 Å². The van der Waals surface area contributed by atoms with Crippen molar-refractivity contribution < 1.29 is 27.5 Å². The van der Waals surface area contributed by atoms with E-state index in [0.717, 1.165) is 0 Å². The van der Waals surface area contributed by atoms with Crippen molar-refractivity contribution in [3.8, 4) is 5.75 Å². The number of benzene rings is 1. The van der Waals surface area contributed by atoms with Crippen LogP contribution in [-0.4, -0.2) is 33.1 Å². The summed E-state index contributed by atoms with van der Waals surface area (Å²) in [6.45, 7) is 6.25. The van der Waals surface area contributed by atoms with Crippen LogP contribution >= 0.6 is 0 Å². The van der Waals surface area contributed by atoms with Crippen molar-refractivity contribution in [2.75, 3.05) is 12.4 Å². The van der Waals surface area contributed by atoms with Crippen LogP contribution in [0.15, 0.2) is 23.1 Å². The highest BCUT2D eigenvalue weighted by molar-refractivity contribution is 7.89. The van der Waals surface area contributed by atoms with Gasteiger partial charge in [-0.3, -0.25) is 4.79 Å². The number of amides is 2. The third-order valence-electron chi connectivity index (χ3n) is 2.48. The lowest BCUT2D eigenvalue weighted by molar-refractivity contribution is -0.114. The van der Waals surface area contributed by atoms with Crippen LogP contribution in [0.25, 0.3) is 0 Å². The molecule has 0 aromatic heterocycles. The van der Waals surface area contributed by atoms with Crippen LogP contribution in [0.4, 0.5) is 10.5 Å². The first-order valence-electron chi connectivity index (χ1n) is 6.91. The van der Waals surface area contributed by atoms with E-state index in [2.05, 4.69) is 5.32 Å². The van der Waals surface area contributed by atoms with Crippen LogP contribution in [0.2, 0.25) is 0 Å². The highest BCUT2D eigenvalue weighted by Gasteiger charge is 2.20. The zero-order valence-corrected chi connectivity index (χ0v) is 14.9. The summed E-state index contributed by atoms with van der Waals surface area (Å²) in [6, 6.07) is 3.85. The number of hydrogen-bond acceptors (Lipinski definition) is 6. The molecule has 0 atom stereocenters. The number of sulfonamides is 1. The Morgan fingerprint density at radius 2 is 1.79 bits per heavy atom. The lowest BCUT2D eigenvalue weighted by atomic mass is 10.2. The van der Waals surface area contributed by atoms with Crippen LogP contribution in [0, 0.1) is 0 Å². The van der Waals surface area contributed by atoms with Gasteiger partial charge in [-0.15, -0.1) is 4.83 Å². The summed E-state index contributed by atoms with van der Waals surface area (Å²) in [5.74, 6) is -0.168. The van der Waals surface area contributed by atoms with Crippen molar-refractivity contribution in [1.29, 1.82) is 0 Å². The van der Waals surface area contributed by atoms with Gasteiger partial charge in [0.15, 0.2) is 0 Å². The number of hydrogen-bond donors (Lipinski definition) is 3. The smallest absolute Gasteiger partial charge is 0.423 e. The van der Waals surface area contributed by atoms with Crippen LogP contribution < -0.4 is 20.3 Å². The van der Waals surface area contributed by atoms with Gasteiger partial charge in [0.25, 0.3) is 10.0 Å². The van der Waals surface area contributed by atoms with E-state index >= 15 is 0 Å². The topological polar surface area (TPSA) is 123 Å². The van der Waals surface area contributed by atoms with Crippen molar-refractivity contribution in [3.63, 3.8) is 0 Å². The SMILES string of the molecule is COc1cc(S(=O)(=O)NNC(=O)OC(C)(C)C)ccc1NC(C)=O. The van der Waals surface area contributed by atoms with Gasteiger partial charge < -0.3 is 14.8 Å². The fourth-order valence-corrected chi connectivity index (χ4v) is 2.45. The monoisotopic (exact) mass is 359 g/mol. The summed E-state index contributed by atoms with van der Waals surface area (Å²) in [4.78, 5) is 24.4. The zero-order valence-electron chi connectivity index (χ0n) is 14.1. The fraction of sp³-hybridized carbons (Fsp3) is 0.429. The molecule has 0 saturated carbocycles. The normalized spacial score (nSPS) is 11.5. The van der Waals surface area contributed by atoms with Crippen molar-refractivity contribution in [3.05, 3.63) is 18.2 Å². The molecule has 0 aliphatic heterocycles. The summed E-state index contributed by atoms with van der Waals surface area (Å²) < 4.78 is 34.3. The minimum Gasteiger partial charge on any atom is -0.495 e. The van der Waals surface area contributed by atoms with Gasteiger partial charge in [-0.05, 0) is 32.9 Å². The Morgan fingerprint density at radius 3 is 2.29 bits per heavy atom. The molecule has 0 bridgehead atoms. The average molecular weight is 359 g/mol. The molecular formula is C14H21N3O6S. The third kappa shape index (κ3) is 6.05. The van der Waals surface area contributed by atoms with E-state index in [1.54, 1.807) is 20.8 Å². The quantitative estimate of drug-likeness (QED) is 0.683. The highest BCUT2D eigenvalue weighted by Crippen LogP contribution is 2.27. The van der Waals surface area contributed by atoms with Gasteiger partial charge in [0.05, 0.1) is 17.7 Å². The standard InChI is InChI=1S/C14H21N3O6S/c1-9(18)15-11-7-6-10(8-12(11)22-5)24(20,21)17-16-13(19)23-14(2,3)4/h6-8,17H,1-5H3,(H,15,18)(H,16,19). The summed E-state index contributed by atoms with van der Waals surface area (Å²) in [5.41, 5.74) is 1.51. The molecule has 0 radical (unpaired) electrons. The van der Waals surface area contributed by atoms with Gasteiger partial charge in [-0.25, -0.2) is 18.6 Å². The molecule has 134 valence electrons. The number of methoxy groups -OCH3 is 1. The number of anilines is 1. The van der Waals surface area contributed by atoms with Crippen molar-refractivity contribution in [1.82, 2.24) is 10.3 Å². The van der Waals surface area contributed by atoms with E-state index < -0.39 is 21.7 Å². The maximum Gasteiger partial charge on any atom is 0.423 e. The molecule has 0 heterocycles. The second kappa shape index (κ2) is 7.49. The molecule has 0 aliphatic carbocycles. The fourth-order valence-electron chi connectivity index (χ4n) is 1.60. The third-order valence-corrected chi connectivity index (χ3v) is 3.73. The van der Waals surface area contributed by atoms with Crippen molar-refractivity contribution >= 4 is 27.7 Å². The number of carbonyl (C=O) groups excluding carboxylic acids is 2. The molecule has 0 aliphatic rings. The molecule has 0 fully saturated rings. The van der Waals surface area contributed by atoms with E-state index in [1.807, 2.05) is 10.3 Å². The second-order valence-electron chi connectivity index (χ2n) is 5.78. The van der Waals surface area contributed by atoms with E-state index in [9.17, 15) is 18.0 Å². The Kier molecular flexibility index (Phi) is 6.16. The number of nitrogens with one attached hydrogen (secondary N) is 3. The lowest BCUT2D eigenvalue weighted by Crippen LogP contribution is -2.44. The largest absolute Gasteiger partial charge is 0.495 e. The van der Waals surface area contributed by atoms with E-state index in [-0.39, 0.29) is 16.6 Å². The molecule has 9 nitrogen and oxygen atoms in total. The molecule has 1 aromatic carbocycles. The molecule has 0 saturated heterocycles. The Bertz CT molecular complexity index is 725. The predicted molar refractivity (Wildman–Crippen MR) is 87.0 cm³/mol. The summed E-state index contributed by atoms with van der Waals surface area (Å²) in [7, 11) is -2.71. The van der Waals surface area contributed by atoms with Crippen molar-refractivity contribution in [2.24, 2.45) is 0 Å². The van der Waals surface area contributed by atoms with Gasteiger partial charge in [0.1, 0.15) is 11.4 Å². The van der Waals surface area contributed by atoms with E-state index in [4.69, 9.17) is 9.47 Å². The first-order valence-corrected chi connectivity index (χ1v) is 8.39. The minimum atomic E-state index is -4.04. The molecule has 1 aromatic rings. The molecule has 3 N–H and O–H groups in total. The number of rotatable bonds is 5. The average Bonchev–Trinajstić information content (AvgIpc) is 2.43. The molecule has 24 heavy (non-hydrogen) atoms. The first kappa shape index (κ1) is 19.7. The summed E-state index contributed by atoms with van der Waals surface area (Å²) in [6.07, 6.45) is -0.937. The van der Waals surface area contributed by atoms with Crippen LogP contribution in [0.3, 0.4) is 0 Å². The maximum absolute atomic E-state index is 12.2. The van der Waals surface area contributed by atoms with Gasteiger partial charge in [-0.2, -0.15) is 0 Å². The lowest BCUT2D eigenvalue weighted by Gasteiger charge is -2.19. The molecule has 2 amide bonds. The number of carbonyl (C=O) groups is 2. The maximum atomic E-state index is 12.2. The zero-order chi connectivity index (χ0) is 18.5. The summed E-state index contributed by atoms with van der Waals surface area (Å²) in [5, 5.41) is 2.51. The minimum absolute atomic E-state index is 0.158.